The fourth-order valence-electron chi connectivity index (χ4n) is 4.56. The highest BCUT2D eigenvalue weighted by molar-refractivity contribution is 7.09. The van der Waals surface area contributed by atoms with E-state index in [2.05, 4.69) is 10.3 Å². The number of nitrogens with zero attached hydrogens (tertiary/aromatic N) is 2. The Kier molecular flexibility index (Phi) is 7.46. The summed E-state index contributed by atoms with van der Waals surface area (Å²) in [6.45, 7) is 2.50. The van der Waals surface area contributed by atoms with Crippen LogP contribution in [0, 0.1) is 11.6 Å². The number of rotatable bonds is 7. The van der Waals surface area contributed by atoms with Crippen molar-refractivity contribution in [2.45, 2.75) is 32.5 Å². The van der Waals surface area contributed by atoms with Gasteiger partial charge in [0.05, 0.1) is 6.04 Å². The Balaban J connectivity index is 1.28. The Bertz CT molecular complexity index is 1470. The van der Waals surface area contributed by atoms with Crippen molar-refractivity contribution in [1.82, 2.24) is 15.2 Å². The van der Waals surface area contributed by atoms with Gasteiger partial charge in [0.2, 0.25) is 5.91 Å². The second-order valence-electron chi connectivity index (χ2n) is 9.00. The first kappa shape index (κ1) is 25.5. The maximum atomic E-state index is 14.0. The molecule has 4 aromatic rings. The fraction of sp³-hybridized carbons (Fsp3) is 0.207. The standard InChI is InChI=1S/C29H25F2N3O3S/c1-18(35)34-12-11-20-7-10-24(14-25(20)28(34)21-3-2-4-23(31)13-21)37-16-27-33-26(17-38-27)29(36)32-15-19-5-8-22(30)9-6-19/h2-10,13-14,17,28H,11-12,15-16H2,1H3,(H,32,36)/t28-/m0/s1. The van der Waals surface area contributed by atoms with E-state index in [1.54, 1.807) is 28.5 Å². The van der Waals surface area contributed by atoms with Gasteiger partial charge in [0.1, 0.15) is 34.7 Å². The minimum Gasteiger partial charge on any atom is -0.486 e. The van der Waals surface area contributed by atoms with Crippen molar-refractivity contribution in [3.63, 3.8) is 0 Å². The topological polar surface area (TPSA) is 71.5 Å². The third kappa shape index (κ3) is 5.73. The van der Waals surface area contributed by atoms with Gasteiger partial charge in [0.15, 0.2) is 0 Å². The van der Waals surface area contributed by atoms with Crippen molar-refractivity contribution in [2.75, 3.05) is 6.54 Å². The van der Waals surface area contributed by atoms with Crippen LogP contribution < -0.4 is 10.1 Å². The van der Waals surface area contributed by atoms with E-state index in [0.717, 1.165) is 16.7 Å². The first-order valence-electron chi connectivity index (χ1n) is 12.1. The van der Waals surface area contributed by atoms with Gasteiger partial charge in [-0.25, -0.2) is 13.8 Å². The number of hydrogen-bond donors (Lipinski definition) is 1. The molecule has 0 spiro atoms. The summed E-state index contributed by atoms with van der Waals surface area (Å²) >= 11 is 1.31. The Hall–Kier alpha value is -4.11. The van der Waals surface area contributed by atoms with Crippen LogP contribution in [-0.2, 0) is 24.4 Å². The minimum absolute atomic E-state index is 0.0794. The predicted molar refractivity (Wildman–Crippen MR) is 140 cm³/mol. The molecule has 1 N–H and O–H groups in total. The zero-order valence-electron chi connectivity index (χ0n) is 20.6. The second-order valence-corrected chi connectivity index (χ2v) is 9.95. The van der Waals surface area contributed by atoms with Crippen LogP contribution >= 0.6 is 11.3 Å². The zero-order chi connectivity index (χ0) is 26.6. The number of carbonyl (C=O) groups excluding carboxylic acids is 2. The molecule has 0 fully saturated rings. The molecule has 2 amide bonds. The van der Waals surface area contributed by atoms with Crippen molar-refractivity contribution in [3.05, 3.63) is 117 Å². The van der Waals surface area contributed by atoms with Crippen LogP contribution in [0.15, 0.2) is 72.1 Å². The molecule has 0 saturated carbocycles. The normalized spacial score (nSPS) is 14.6. The summed E-state index contributed by atoms with van der Waals surface area (Å²) in [5.74, 6) is -0.499. The lowest BCUT2D eigenvalue weighted by atomic mass is 9.88. The minimum atomic E-state index is -0.410. The van der Waals surface area contributed by atoms with Crippen LogP contribution in [0.5, 0.6) is 5.75 Å². The van der Waals surface area contributed by atoms with Crippen molar-refractivity contribution in [1.29, 1.82) is 0 Å². The number of benzene rings is 3. The van der Waals surface area contributed by atoms with E-state index in [4.69, 9.17) is 4.74 Å². The molecule has 0 bridgehead atoms. The molecule has 6 nitrogen and oxygen atoms in total. The van der Waals surface area contributed by atoms with Crippen LogP contribution in [-0.4, -0.2) is 28.2 Å². The summed E-state index contributed by atoms with van der Waals surface area (Å²) in [4.78, 5) is 31.0. The largest absolute Gasteiger partial charge is 0.486 e. The summed E-state index contributed by atoms with van der Waals surface area (Å²) < 4.78 is 33.1. The summed E-state index contributed by atoms with van der Waals surface area (Å²) in [6.07, 6.45) is 0.698. The first-order valence-corrected chi connectivity index (χ1v) is 13.0. The maximum absolute atomic E-state index is 14.0. The summed E-state index contributed by atoms with van der Waals surface area (Å²) in [5, 5.41) is 5.07. The van der Waals surface area contributed by atoms with Crippen molar-refractivity contribution >= 4 is 23.2 Å². The number of amides is 2. The van der Waals surface area contributed by atoms with Gasteiger partial charge in [-0.3, -0.25) is 9.59 Å². The van der Waals surface area contributed by atoms with E-state index in [1.165, 1.54) is 42.5 Å². The highest BCUT2D eigenvalue weighted by Crippen LogP contribution is 2.37. The molecule has 0 aliphatic carbocycles. The van der Waals surface area contributed by atoms with E-state index in [9.17, 15) is 18.4 Å². The van der Waals surface area contributed by atoms with E-state index >= 15 is 0 Å². The number of ether oxygens (including phenoxy) is 1. The van der Waals surface area contributed by atoms with Gasteiger partial charge in [0, 0.05) is 25.4 Å². The Morgan fingerprint density at radius 3 is 2.66 bits per heavy atom. The van der Waals surface area contributed by atoms with Crippen LogP contribution in [0.1, 0.15) is 50.7 Å². The quantitative estimate of drug-likeness (QED) is 0.344. The molecular formula is C29H25F2N3O3S. The van der Waals surface area contributed by atoms with Gasteiger partial charge in [-0.15, -0.1) is 11.3 Å². The van der Waals surface area contributed by atoms with Gasteiger partial charge >= 0.3 is 0 Å². The smallest absolute Gasteiger partial charge is 0.271 e. The van der Waals surface area contributed by atoms with E-state index in [0.29, 0.717) is 29.3 Å². The van der Waals surface area contributed by atoms with E-state index < -0.39 is 6.04 Å². The number of halogens is 2. The number of thiazole rings is 1. The number of hydrogen-bond acceptors (Lipinski definition) is 5. The third-order valence-corrected chi connectivity index (χ3v) is 7.25. The van der Waals surface area contributed by atoms with Crippen LogP contribution in [0.2, 0.25) is 0 Å². The Morgan fingerprint density at radius 1 is 1.08 bits per heavy atom. The molecule has 0 radical (unpaired) electrons. The molecule has 9 heteroatoms. The van der Waals surface area contributed by atoms with Crippen LogP contribution in [0.4, 0.5) is 8.78 Å². The van der Waals surface area contributed by atoms with Gasteiger partial charge in [-0.05, 0) is 65.1 Å². The molecule has 1 aromatic heterocycles. The summed E-state index contributed by atoms with van der Waals surface area (Å²) in [6, 6.07) is 17.6. The Morgan fingerprint density at radius 2 is 1.89 bits per heavy atom. The summed E-state index contributed by atoms with van der Waals surface area (Å²) in [5.41, 5.74) is 3.75. The Labute approximate surface area is 222 Å². The highest BCUT2D eigenvalue weighted by atomic mass is 32.1. The van der Waals surface area contributed by atoms with Crippen LogP contribution in [0.3, 0.4) is 0 Å². The van der Waals surface area contributed by atoms with Gasteiger partial charge < -0.3 is 15.0 Å². The van der Waals surface area contributed by atoms with E-state index in [1.807, 2.05) is 24.3 Å². The van der Waals surface area contributed by atoms with E-state index in [-0.39, 0.29) is 42.3 Å². The molecule has 0 saturated heterocycles. The molecule has 194 valence electrons. The number of nitrogens with one attached hydrogen (secondary N) is 1. The molecular weight excluding hydrogens is 508 g/mol. The first-order chi connectivity index (χ1) is 18.4. The molecule has 1 aliphatic heterocycles. The highest BCUT2D eigenvalue weighted by Gasteiger charge is 2.31. The number of aromatic nitrogens is 1. The molecule has 38 heavy (non-hydrogen) atoms. The molecule has 5 rings (SSSR count). The lowest BCUT2D eigenvalue weighted by Crippen LogP contribution is -2.39. The van der Waals surface area contributed by atoms with Gasteiger partial charge in [-0.1, -0.05) is 30.3 Å². The zero-order valence-corrected chi connectivity index (χ0v) is 21.4. The molecule has 2 heterocycles. The molecule has 1 atom stereocenters. The average Bonchev–Trinajstić information content (AvgIpc) is 3.40. The summed E-state index contributed by atoms with van der Waals surface area (Å²) in [7, 11) is 0. The maximum Gasteiger partial charge on any atom is 0.271 e. The predicted octanol–water partition coefficient (Wildman–Crippen LogP) is 5.42. The molecule has 3 aromatic carbocycles. The third-order valence-electron chi connectivity index (χ3n) is 6.43. The lowest BCUT2D eigenvalue weighted by molar-refractivity contribution is -0.130. The SMILES string of the molecule is CC(=O)N1CCc2ccc(OCc3nc(C(=O)NCc4ccc(F)cc4)cs3)cc2[C@@H]1c1cccc(F)c1. The van der Waals surface area contributed by atoms with Crippen molar-refractivity contribution in [3.8, 4) is 5.75 Å². The van der Waals surface area contributed by atoms with Crippen molar-refractivity contribution < 1.29 is 23.1 Å². The van der Waals surface area contributed by atoms with Gasteiger partial charge in [0.25, 0.3) is 5.91 Å². The van der Waals surface area contributed by atoms with Crippen molar-refractivity contribution in [2.24, 2.45) is 0 Å². The lowest BCUT2D eigenvalue weighted by Gasteiger charge is -2.37. The molecule has 0 unspecified atom stereocenters. The molecule has 1 aliphatic rings. The van der Waals surface area contributed by atoms with Gasteiger partial charge in [-0.2, -0.15) is 0 Å². The monoisotopic (exact) mass is 533 g/mol. The average molecular weight is 534 g/mol. The van der Waals surface area contributed by atoms with Crippen LogP contribution in [0.25, 0.3) is 0 Å². The fourth-order valence-corrected chi connectivity index (χ4v) is 5.25. The number of carbonyl (C=O) groups is 2. The second kappa shape index (κ2) is 11.1. The number of fused-ring (bicyclic) bond motifs is 1.